The zero-order valence-electron chi connectivity index (χ0n) is 51.7. The number of aryl methyl sites for hydroxylation is 2. The quantitative estimate of drug-likeness (QED) is 0.0164. The lowest BCUT2D eigenvalue weighted by molar-refractivity contribution is 0.0690. The fourth-order valence-electron chi connectivity index (χ4n) is 10.2. The molecule has 0 saturated carbocycles. The Hall–Kier alpha value is -8.96. The molecule has 0 aliphatic carbocycles. The average molecular weight is 1180 g/mol. The SMILES string of the molecule is C=Cc1ccc(COCCOC(/C=C\Cc2ccc(OCCOCc3ccc(C=C)cc3)c(C(c3cc(-c4ccc(OCCOCc5ccc(C=C)cc5)cc4)ccc3OC)c3cc(C)cc(C)c3OCCOCc3ccc(C=C)cc3)c2)=C/CC)cc1. The van der Waals surface area contributed by atoms with Crippen LogP contribution in [0, 0.1) is 13.8 Å². The van der Waals surface area contributed by atoms with Crippen LogP contribution in [0.4, 0.5) is 0 Å². The van der Waals surface area contributed by atoms with Crippen molar-refractivity contribution in [3.63, 3.8) is 0 Å². The molecule has 0 fully saturated rings. The monoisotopic (exact) mass is 1180 g/mol. The lowest BCUT2D eigenvalue weighted by Crippen LogP contribution is -2.15. The van der Waals surface area contributed by atoms with Crippen LogP contribution in [0.5, 0.6) is 23.0 Å². The summed E-state index contributed by atoms with van der Waals surface area (Å²) in [6.07, 6.45) is 15.1. The molecule has 0 spiro atoms. The summed E-state index contributed by atoms with van der Waals surface area (Å²) < 4.78 is 57.0. The predicted molar refractivity (Wildman–Crippen MR) is 360 cm³/mol. The molecular weight excluding hydrogens is 1090 g/mol. The fraction of sp³-hybridized carbons (Fsp3) is 0.241. The standard InChI is InChI=1S/C79H84O9/c1-9-15-71(85-46-42-81-54-65-26-18-60(10-2)19-27-65)17-14-16-64-34-40-77(87-48-44-83-56-67-30-22-62(12-4)23-31-67)73(52-64)78(75-51-58(6)50-59(7)79(75)88-49-45-84-57-68-32-24-63(13-5)25-33-68)74-53-70(37-41-76(74)80-8)69-35-38-72(39-36-69)86-47-43-82-55-66-28-20-61(11-3)21-29-66/h10-15,17-41,50-53,78H,2-5,9,16,42-49,54-57H2,1,6-8H3/b17-14-,71-15+. The molecule has 0 heterocycles. The highest BCUT2D eigenvalue weighted by Gasteiger charge is 2.29. The minimum absolute atomic E-state index is 0.309. The van der Waals surface area contributed by atoms with E-state index >= 15 is 0 Å². The van der Waals surface area contributed by atoms with Crippen molar-refractivity contribution in [2.45, 2.75) is 66.0 Å². The second kappa shape index (κ2) is 35.0. The predicted octanol–water partition coefficient (Wildman–Crippen LogP) is 18.1. The summed E-state index contributed by atoms with van der Waals surface area (Å²) in [5.74, 6) is 3.27. The van der Waals surface area contributed by atoms with Gasteiger partial charge in [0.05, 0.1) is 60.0 Å². The molecule has 0 aromatic heterocycles. The van der Waals surface area contributed by atoms with E-state index in [1.165, 1.54) is 0 Å². The largest absolute Gasteiger partial charge is 0.496 e. The van der Waals surface area contributed by atoms with Crippen LogP contribution in [0.3, 0.4) is 0 Å². The molecule has 1 atom stereocenters. The first-order valence-corrected chi connectivity index (χ1v) is 30.2. The number of hydrogen-bond donors (Lipinski definition) is 0. The molecule has 0 bridgehead atoms. The Morgan fingerprint density at radius 2 is 0.886 bits per heavy atom. The molecule has 8 aromatic carbocycles. The third kappa shape index (κ3) is 19.8. The minimum Gasteiger partial charge on any atom is -0.496 e. The Balaban J connectivity index is 1.10. The first-order chi connectivity index (χ1) is 43.2. The third-order valence-electron chi connectivity index (χ3n) is 14.8. The number of ether oxygens (including phenoxy) is 9. The molecule has 0 saturated heterocycles. The summed E-state index contributed by atoms with van der Waals surface area (Å²) in [5.41, 5.74) is 16.6. The van der Waals surface area contributed by atoms with Gasteiger partial charge in [-0.25, -0.2) is 0 Å². The molecule has 8 rings (SSSR count). The Kier molecular flexibility index (Phi) is 25.9. The Morgan fingerprint density at radius 1 is 0.432 bits per heavy atom. The highest BCUT2D eigenvalue weighted by Crippen LogP contribution is 2.47. The van der Waals surface area contributed by atoms with Crippen LogP contribution in [0.15, 0.2) is 220 Å². The van der Waals surface area contributed by atoms with Crippen LogP contribution in [-0.4, -0.2) is 60.0 Å². The molecule has 454 valence electrons. The van der Waals surface area contributed by atoms with E-state index < -0.39 is 5.92 Å². The molecule has 88 heavy (non-hydrogen) atoms. The number of benzene rings is 8. The molecule has 0 radical (unpaired) electrons. The van der Waals surface area contributed by atoms with Crippen molar-refractivity contribution in [2.75, 3.05) is 60.0 Å². The Bertz CT molecular complexity index is 3540. The topological polar surface area (TPSA) is 83.1 Å². The number of allylic oxidation sites excluding steroid dienone is 3. The van der Waals surface area contributed by atoms with Gasteiger partial charge >= 0.3 is 0 Å². The van der Waals surface area contributed by atoms with E-state index in [0.717, 1.165) is 113 Å². The van der Waals surface area contributed by atoms with Crippen LogP contribution in [-0.2, 0) is 56.5 Å². The van der Waals surface area contributed by atoms with Gasteiger partial charge in [-0.3, -0.25) is 0 Å². The summed E-state index contributed by atoms with van der Waals surface area (Å²) >= 11 is 0. The molecule has 9 nitrogen and oxygen atoms in total. The molecule has 0 amide bonds. The molecule has 8 aromatic rings. The van der Waals surface area contributed by atoms with Gasteiger partial charge in [-0.15, -0.1) is 0 Å². The molecule has 9 heteroatoms. The van der Waals surface area contributed by atoms with E-state index in [-0.39, 0.29) is 0 Å². The molecule has 0 N–H and O–H groups in total. The van der Waals surface area contributed by atoms with Crippen LogP contribution in [0.2, 0.25) is 0 Å². The zero-order valence-corrected chi connectivity index (χ0v) is 51.7. The van der Waals surface area contributed by atoms with Crippen molar-refractivity contribution in [1.82, 2.24) is 0 Å². The Labute approximate surface area is 522 Å². The summed E-state index contributed by atoms with van der Waals surface area (Å²) in [5, 5.41) is 0. The van der Waals surface area contributed by atoms with E-state index in [9.17, 15) is 0 Å². The highest BCUT2D eigenvalue weighted by molar-refractivity contribution is 5.69. The zero-order chi connectivity index (χ0) is 61.7. The van der Waals surface area contributed by atoms with Crippen molar-refractivity contribution in [2.24, 2.45) is 0 Å². The lowest BCUT2D eigenvalue weighted by Gasteiger charge is -2.28. The first-order valence-electron chi connectivity index (χ1n) is 30.2. The average Bonchev–Trinajstić information content (AvgIpc) is 3.37. The van der Waals surface area contributed by atoms with E-state index in [0.29, 0.717) is 97.2 Å². The van der Waals surface area contributed by atoms with Crippen LogP contribution in [0.25, 0.3) is 35.4 Å². The van der Waals surface area contributed by atoms with Gasteiger partial charge in [-0.2, -0.15) is 0 Å². The maximum absolute atomic E-state index is 6.92. The van der Waals surface area contributed by atoms with Gasteiger partial charge in [0.2, 0.25) is 0 Å². The van der Waals surface area contributed by atoms with E-state index in [4.69, 9.17) is 42.6 Å². The van der Waals surface area contributed by atoms with E-state index in [2.05, 4.69) is 175 Å². The summed E-state index contributed by atoms with van der Waals surface area (Å²) in [6, 6.07) is 58.3. The van der Waals surface area contributed by atoms with E-state index in [1.807, 2.05) is 85.0 Å². The summed E-state index contributed by atoms with van der Waals surface area (Å²) in [4.78, 5) is 0. The fourth-order valence-corrected chi connectivity index (χ4v) is 10.2. The molecule has 0 aliphatic rings. The third-order valence-corrected chi connectivity index (χ3v) is 14.8. The lowest BCUT2D eigenvalue weighted by atomic mass is 9.80. The van der Waals surface area contributed by atoms with Crippen LogP contribution >= 0.6 is 0 Å². The minimum atomic E-state index is -0.461. The second-order valence-electron chi connectivity index (χ2n) is 21.3. The van der Waals surface area contributed by atoms with Crippen molar-refractivity contribution in [1.29, 1.82) is 0 Å². The van der Waals surface area contributed by atoms with Crippen molar-refractivity contribution in [3.05, 3.63) is 298 Å². The van der Waals surface area contributed by atoms with Crippen molar-refractivity contribution >= 4 is 24.3 Å². The van der Waals surface area contributed by atoms with Gasteiger partial charge in [0.1, 0.15) is 55.2 Å². The van der Waals surface area contributed by atoms with Gasteiger partial charge in [0.15, 0.2) is 0 Å². The second-order valence-corrected chi connectivity index (χ2v) is 21.3. The van der Waals surface area contributed by atoms with Gasteiger partial charge in [0.25, 0.3) is 0 Å². The summed E-state index contributed by atoms with van der Waals surface area (Å²) in [6.45, 7) is 26.9. The van der Waals surface area contributed by atoms with Gasteiger partial charge in [-0.1, -0.05) is 209 Å². The normalized spacial score (nSPS) is 11.7. The molecule has 1 unspecified atom stereocenters. The van der Waals surface area contributed by atoms with Crippen molar-refractivity contribution < 1.29 is 42.6 Å². The van der Waals surface area contributed by atoms with Gasteiger partial charge < -0.3 is 42.6 Å². The maximum Gasteiger partial charge on any atom is 0.126 e. The van der Waals surface area contributed by atoms with Gasteiger partial charge in [0, 0.05) is 22.6 Å². The van der Waals surface area contributed by atoms with E-state index in [1.54, 1.807) is 7.11 Å². The smallest absolute Gasteiger partial charge is 0.126 e. The van der Waals surface area contributed by atoms with Crippen LogP contribution < -0.4 is 18.9 Å². The number of hydrogen-bond acceptors (Lipinski definition) is 9. The highest BCUT2D eigenvalue weighted by atomic mass is 16.5. The molecular formula is C79H84O9. The molecule has 0 aliphatic heterocycles. The van der Waals surface area contributed by atoms with Crippen LogP contribution in [0.1, 0.15) is 97.2 Å². The van der Waals surface area contributed by atoms with Crippen molar-refractivity contribution in [3.8, 4) is 34.1 Å². The number of rotatable bonds is 37. The summed E-state index contributed by atoms with van der Waals surface area (Å²) in [7, 11) is 1.73. The Morgan fingerprint density at radius 3 is 1.39 bits per heavy atom. The van der Waals surface area contributed by atoms with Gasteiger partial charge in [-0.05, 0) is 136 Å². The first kappa shape index (κ1) is 65.0. The maximum atomic E-state index is 6.92. The number of methoxy groups -OCH3 is 1.